The molecule has 0 aromatic heterocycles. The topological polar surface area (TPSA) is 73.9 Å². The Balaban J connectivity index is 1.55. The van der Waals surface area contributed by atoms with Crippen molar-refractivity contribution in [2.75, 3.05) is 19.5 Å². The normalized spacial score (nSPS) is 10.4. The van der Waals surface area contributed by atoms with E-state index in [4.69, 9.17) is 25.8 Å². The molecule has 4 aromatic rings. The van der Waals surface area contributed by atoms with Crippen LogP contribution in [-0.2, 0) is 6.61 Å². The molecule has 0 unspecified atom stereocenters. The van der Waals surface area contributed by atoms with Gasteiger partial charge in [-0.3, -0.25) is 9.59 Å². The van der Waals surface area contributed by atoms with Crippen LogP contribution in [0.5, 0.6) is 17.2 Å². The maximum atomic E-state index is 13.2. The fraction of sp³-hybridized carbons (Fsp3) is 0.103. The van der Waals surface area contributed by atoms with Crippen molar-refractivity contribution in [2.24, 2.45) is 0 Å². The molecule has 0 saturated heterocycles. The van der Waals surface area contributed by atoms with Gasteiger partial charge >= 0.3 is 0 Å². The number of nitrogens with one attached hydrogen (secondary N) is 1. The van der Waals surface area contributed by atoms with Gasteiger partial charge < -0.3 is 19.5 Å². The Bertz CT molecular complexity index is 1370. The average molecular weight is 502 g/mol. The first kappa shape index (κ1) is 24.8. The zero-order valence-corrected chi connectivity index (χ0v) is 20.5. The summed E-state index contributed by atoms with van der Waals surface area (Å²) in [6.07, 6.45) is 0. The highest BCUT2D eigenvalue weighted by Gasteiger charge is 2.18. The molecule has 0 radical (unpaired) electrons. The van der Waals surface area contributed by atoms with Gasteiger partial charge in [0.1, 0.15) is 23.9 Å². The Hall–Kier alpha value is -4.29. The van der Waals surface area contributed by atoms with E-state index in [1.165, 1.54) is 0 Å². The van der Waals surface area contributed by atoms with Gasteiger partial charge in [0.2, 0.25) is 0 Å². The maximum Gasteiger partial charge on any atom is 0.255 e. The first-order chi connectivity index (χ1) is 17.5. The number of amides is 1. The summed E-state index contributed by atoms with van der Waals surface area (Å²) in [6, 6.07) is 25.9. The van der Waals surface area contributed by atoms with E-state index < -0.39 is 0 Å². The van der Waals surface area contributed by atoms with E-state index in [0.717, 1.165) is 5.75 Å². The fourth-order valence-electron chi connectivity index (χ4n) is 3.62. The number of carbonyl (C=O) groups excluding carboxylic acids is 2. The number of halogens is 1. The first-order valence-electron chi connectivity index (χ1n) is 11.1. The van der Waals surface area contributed by atoms with Crippen molar-refractivity contribution in [1.29, 1.82) is 0 Å². The molecule has 0 bridgehead atoms. The highest BCUT2D eigenvalue weighted by molar-refractivity contribution is 6.31. The van der Waals surface area contributed by atoms with E-state index >= 15 is 0 Å². The van der Waals surface area contributed by atoms with Crippen LogP contribution in [0.25, 0.3) is 0 Å². The second-order valence-corrected chi connectivity index (χ2v) is 8.27. The number of ketones is 1. The van der Waals surface area contributed by atoms with Crippen LogP contribution < -0.4 is 19.5 Å². The van der Waals surface area contributed by atoms with Gasteiger partial charge in [-0.05, 0) is 60.7 Å². The number of methoxy groups -OCH3 is 2. The molecule has 1 amide bonds. The molecule has 7 heteroatoms. The minimum atomic E-state index is -0.382. The molecule has 6 nitrogen and oxygen atoms in total. The summed E-state index contributed by atoms with van der Waals surface area (Å²) in [6.45, 7) is 0.190. The van der Waals surface area contributed by atoms with Crippen LogP contribution in [0.4, 0.5) is 5.69 Å². The third-order valence-corrected chi connectivity index (χ3v) is 5.74. The predicted molar refractivity (Wildman–Crippen MR) is 140 cm³/mol. The smallest absolute Gasteiger partial charge is 0.255 e. The Kier molecular flexibility index (Phi) is 7.88. The fourth-order valence-corrected chi connectivity index (χ4v) is 3.79. The van der Waals surface area contributed by atoms with Crippen LogP contribution >= 0.6 is 11.6 Å². The maximum absolute atomic E-state index is 13.2. The number of hydrogen-bond acceptors (Lipinski definition) is 5. The lowest BCUT2D eigenvalue weighted by atomic mass is 10.0. The Morgan fingerprint density at radius 2 is 1.50 bits per heavy atom. The molecule has 0 heterocycles. The first-order valence-corrected chi connectivity index (χ1v) is 11.5. The molecule has 0 atom stereocenters. The van der Waals surface area contributed by atoms with Gasteiger partial charge in [-0.15, -0.1) is 0 Å². The van der Waals surface area contributed by atoms with Crippen molar-refractivity contribution in [3.8, 4) is 17.2 Å². The number of anilines is 1. The van der Waals surface area contributed by atoms with Crippen LogP contribution in [0.3, 0.4) is 0 Å². The van der Waals surface area contributed by atoms with E-state index in [2.05, 4.69) is 5.32 Å². The summed E-state index contributed by atoms with van der Waals surface area (Å²) in [5.41, 5.74) is 2.25. The van der Waals surface area contributed by atoms with Crippen molar-refractivity contribution >= 4 is 29.0 Å². The number of ether oxygens (including phenoxy) is 3. The Morgan fingerprint density at radius 3 is 2.19 bits per heavy atom. The van der Waals surface area contributed by atoms with Gasteiger partial charge in [-0.1, -0.05) is 41.9 Å². The number of carbonyl (C=O) groups is 2. The predicted octanol–water partition coefficient (Wildman–Crippen LogP) is 6.42. The van der Waals surface area contributed by atoms with E-state index in [0.29, 0.717) is 44.5 Å². The van der Waals surface area contributed by atoms with Gasteiger partial charge in [0.05, 0.1) is 19.9 Å². The van der Waals surface area contributed by atoms with Crippen LogP contribution in [0, 0.1) is 0 Å². The van der Waals surface area contributed by atoms with Crippen LogP contribution in [0.1, 0.15) is 31.8 Å². The SMILES string of the molecule is COc1ccc(OCc2cc(C(=O)Nc3ccc(Cl)cc3C(=O)c3ccccc3)ccc2OC)cc1. The van der Waals surface area contributed by atoms with Crippen LogP contribution in [-0.4, -0.2) is 25.9 Å². The molecule has 36 heavy (non-hydrogen) atoms. The molecule has 182 valence electrons. The summed E-state index contributed by atoms with van der Waals surface area (Å²) in [7, 11) is 3.16. The van der Waals surface area contributed by atoms with Gasteiger partial charge in [-0.2, -0.15) is 0 Å². The molecule has 0 saturated carbocycles. The van der Waals surface area contributed by atoms with Gasteiger partial charge in [0, 0.05) is 27.3 Å². The third kappa shape index (κ3) is 5.85. The monoisotopic (exact) mass is 501 g/mol. The van der Waals surface area contributed by atoms with E-state index in [1.54, 1.807) is 99.1 Å². The standard InChI is InChI=1S/C29H24ClNO5/c1-34-23-10-12-24(13-11-23)36-18-21-16-20(8-15-27(21)35-2)29(33)31-26-14-9-22(30)17-25(26)28(32)19-6-4-3-5-7-19/h3-17H,18H2,1-2H3,(H,31,33). The zero-order chi connectivity index (χ0) is 25.5. The van der Waals surface area contributed by atoms with Gasteiger partial charge in [0.15, 0.2) is 5.78 Å². The molecule has 0 aliphatic heterocycles. The molecule has 4 rings (SSSR count). The largest absolute Gasteiger partial charge is 0.497 e. The summed E-state index contributed by atoms with van der Waals surface area (Å²) in [4.78, 5) is 26.2. The lowest BCUT2D eigenvalue weighted by molar-refractivity contribution is 0.102. The van der Waals surface area contributed by atoms with Gasteiger partial charge in [-0.25, -0.2) is 0 Å². The molecule has 0 aliphatic carbocycles. The lowest BCUT2D eigenvalue weighted by Crippen LogP contribution is -2.16. The molecule has 4 aromatic carbocycles. The van der Waals surface area contributed by atoms with Crippen molar-refractivity contribution in [3.05, 3.63) is 118 Å². The highest BCUT2D eigenvalue weighted by Crippen LogP contribution is 2.27. The van der Waals surface area contributed by atoms with E-state index in [1.807, 2.05) is 6.07 Å². The van der Waals surface area contributed by atoms with Crippen molar-refractivity contribution in [1.82, 2.24) is 0 Å². The highest BCUT2D eigenvalue weighted by atomic mass is 35.5. The van der Waals surface area contributed by atoms with Gasteiger partial charge in [0.25, 0.3) is 5.91 Å². The van der Waals surface area contributed by atoms with Crippen LogP contribution in [0.15, 0.2) is 91.0 Å². The lowest BCUT2D eigenvalue weighted by Gasteiger charge is -2.14. The summed E-state index contributed by atoms with van der Waals surface area (Å²) in [5.74, 6) is 1.35. The second kappa shape index (κ2) is 11.4. The molecule has 1 N–H and O–H groups in total. The third-order valence-electron chi connectivity index (χ3n) is 5.51. The van der Waals surface area contributed by atoms with E-state index in [9.17, 15) is 9.59 Å². The Morgan fingerprint density at radius 1 is 0.778 bits per heavy atom. The number of rotatable bonds is 9. The molecule has 0 spiro atoms. The van der Waals surface area contributed by atoms with Crippen molar-refractivity contribution in [3.63, 3.8) is 0 Å². The zero-order valence-electron chi connectivity index (χ0n) is 19.8. The summed E-state index contributed by atoms with van der Waals surface area (Å²) < 4.78 is 16.5. The second-order valence-electron chi connectivity index (χ2n) is 7.83. The van der Waals surface area contributed by atoms with Crippen molar-refractivity contribution in [2.45, 2.75) is 6.61 Å². The van der Waals surface area contributed by atoms with Crippen molar-refractivity contribution < 1.29 is 23.8 Å². The minimum Gasteiger partial charge on any atom is -0.497 e. The molecule has 0 aliphatic rings. The van der Waals surface area contributed by atoms with Crippen LogP contribution in [0.2, 0.25) is 5.02 Å². The summed E-state index contributed by atoms with van der Waals surface area (Å²) >= 11 is 6.16. The minimum absolute atomic E-state index is 0.190. The summed E-state index contributed by atoms with van der Waals surface area (Å²) in [5, 5.41) is 3.24. The average Bonchev–Trinajstić information content (AvgIpc) is 2.93. The van der Waals surface area contributed by atoms with E-state index in [-0.39, 0.29) is 18.3 Å². The molecular formula is C29H24ClNO5. The molecule has 0 fully saturated rings. The Labute approximate surface area is 214 Å². The number of benzene rings is 4. The quantitative estimate of drug-likeness (QED) is 0.268. The number of hydrogen-bond donors (Lipinski definition) is 1. The molecular weight excluding hydrogens is 478 g/mol.